The molecule has 0 radical (unpaired) electrons. The number of carbonyl (C=O) groups is 2. The fraction of sp³-hybridized carbons (Fsp3) is 0.333. The van der Waals surface area contributed by atoms with Gasteiger partial charge in [0.15, 0.2) is 0 Å². The van der Waals surface area contributed by atoms with Gasteiger partial charge in [0.25, 0.3) is 5.91 Å². The third kappa shape index (κ3) is 6.08. The second-order valence-corrected chi connectivity index (χ2v) is 6.70. The Bertz CT molecular complexity index is 791. The maximum absolute atomic E-state index is 12.4. The fourth-order valence-corrected chi connectivity index (χ4v) is 2.97. The van der Waals surface area contributed by atoms with Gasteiger partial charge >= 0.3 is 0 Å². The summed E-state index contributed by atoms with van der Waals surface area (Å²) in [5, 5.41) is 6.67. The van der Waals surface area contributed by atoms with Crippen LogP contribution in [0.15, 0.2) is 48.5 Å². The van der Waals surface area contributed by atoms with Crippen molar-refractivity contribution in [2.24, 2.45) is 0 Å². The zero-order valence-corrected chi connectivity index (χ0v) is 16.7. The number of nitrogens with zero attached hydrogens (tertiary/aromatic N) is 1. The van der Waals surface area contributed by atoms with Crippen molar-refractivity contribution in [1.82, 2.24) is 10.2 Å². The number of halogens is 1. The molecule has 0 spiro atoms. The summed E-state index contributed by atoms with van der Waals surface area (Å²) in [5.74, 6) is -0.208. The summed E-state index contributed by atoms with van der Waals surface area (Å²) in [5.41, 5.74) is 2.19. The third-order valence-electron chi connectivity index (χ3n) is 4.36. The molecule has 0 bridgehead atoms. The number of amides is 2. The van der Waals surface area contributed by atoms with E-state index < -0.39 is 0 Å². The van der Waals surface area contributed by atoms with Gasteiger partial charge in [0, 0.05) is 35.4 Å². The van der Waals surface area contributed by atoms with Crippen LogP contribution < -0.4 is 10.6 Å². The first kappa shape index (κ1) is 20.9. The molecule has 27 heavy (non-hydrogen) atoms. The van der Waals surface area contributed by atoms with Gasteiger partial charge in [0.1, 0.15) is 0 Å². The topological polar surface area (TPSA) is 61.4 Å². The Balaban J connectivity index is 1.94. The van der Waals surface area contributed by atoms with E-state index in [1.165, 1.54) is 0 Å². The average molecular weight is 388 g/mol. The minimum absolute atomic E-state index is 0.00923. The van der Waals surface area contributed by atoms with E-state index in [1.807, 2.05) is 45.0 Å². The first-order chi connectivity index (χ1) is 12.9. The molecule has 1 atom stereocenters. The molecule has 0 aliphatic carbocycles. The third-order valence-corrected chi connectivity index (χ3v) is 4.60. The lowest BCUT2D eigenvalue weighted by molar-refractivity contribution is -0.115. The monoisotopic (exact) mass is 387 g/mol. The Kier molecular flexibility index (Phi) is 7.82. The summed E-state index contributed by atoms with van der Waals surface area (Å²) in [7, 11) is 0. The molecule has 0 unspecified atom stereocenters. The van der Waals surface area contributed by atoms with Crippen LogP contribution in [-0.2, 0) is 4.79 Å². The van der Waals surface area contributed by atoms with Gasteiger partial charge in [0.2, 0.25) is 5.91 Å². The molecule has 144 valence electrons. The standard InChI is InChI=1S/C21H26ClN3O2/c1-4-25(5-2)21(27)17-9-7-11-19(13-17)24-20(26)14-23-15(3)16-8-6-10-18(22)12-16/h6-13,15,23H,4-5,14H2,1-3H3,(H,24,26)/t15-/m1/s1. The largest absolute Gasteiger partial charge is 0.339 e. The van der Waals surface area contributed by atoms with Crippen molar-refractivity contribution >= 4 is 29.1 Å². The highest BCUT2D eigenvalue weighted by Crippen LogP contribution is 2.17. The van der Waals surface area contributed by atoms with E-state index in [0.29, 0.717) is 29.4 Å². The number of hydrogen-bond donors (Lipinski definition) is 2. The van der Waals surface area contributed by atoms with E-state index in [4.69, 9.17) is 11.6 Å². The lowest BCUT2D eigenvalue weighted by Gasteiger charge is -2.19. The van der Waals surface area contributed by atoms with Crippen LogP contribution in [0.25, 0.3) is 0 Å². The molecule has 0 aliphatic rings. The van der Waals surface area contributed by atoms with Gasteiger partial charge in [-0.05, 0) is 56.7 Å². The first-order valence-corrected chi connectivity index (χ1v) is 9.50. The van der Waals surface area contributed by atoms with Crippen LogP contribution in [0.3, 0.4) is 0 Å². The number of rotatable bonds is 8. The van der Waals surface area contributed by atoms with Crippen LogP contribution in [0, 0.1) is 0 Å². The predicted octanol–water partition coefficient (Wildman–Crippen LogP) is 4.11. The summed E-state index contributed by atoms with van der Waals surface area (Å²) in [4.78, 5) is 26.4. The average Bonchev–Trinajstić information content (AvgIpc) is 2.67. The van der Waals surface area contributed by atoms with Crippen molar-refractivity contribution in [2.45, 2.75) is 26.8 Å². The SMILES string of the molecule is CCN(CC)C(=O)c1cccc(NC(=O)CN[C@H](C)c2cccc(Cl)c2)c1. The number of benzene rings is 2. The number of carbonyl (C=O) groups excluding carboxylic acids is 2. The van der Waals surface area contributed by atoms with Crippen LogP contribution >= 0.6 is 11.6 Å². The van der Waals surface area contributed by atoms with Gasteiger partial charge < -0.3 is 15.5 Å². The molecule has 0 saturated heterocycles. The number of hydrogen-bond acceptors (Lipinski definition) is 3. The van der Waals surface area contributed by atoms with E-state index in [0.717, 1.165) is 5.56 Å². The van der Waals surface area contributed by atoms with Crippen molar-refractivity contribution in [2.75, 3.05) is 25.0 Å². The molecular formula is C21H26ClN3O2. The lowest BCUT2D eigenvalue weighted by Crippen LogP contribution is -2.31. The van der Waals surface area contributed by atoms with Crippen LogP contribution in [0.1, 0.15) is 42.7 Å². The molecule has 0 aromatic heterocycles. The molecule has 2 aromatic rings. The van der Waals surface area contributed by atoms with Crippen LogP contribution in [0.5, 0.6) is 0 Å². The second-order valence-electron chi connectivity index (χ2n) is 6.26. The second kappa shape index (κ2) is 10.1. The summed E-state index contributed by atoms with van der Waals surface area (Å²) < 4.78 is 0. The molecule has 2 N–H and O–H groups in total. The van der Waals surface area contributed by atoms with Crippen molar-refractivity contribution < 1.29 is 9.59 Å². The zero-order chi connectivity index (χ0) is 19.8. The molecule has 6 heteroatoms. The maximum Gasteiger partial charge on any atom is 0.253 e. The van der Waals surface area contributed by atoms with E-state index in [2.05, 4.69) is 10.6 Å². The summed E-state index contributed by atoms with van der Waals surface area (Å²) >= 11 is 6.00. The molecule has 0 heterocycles. The van der Waals surface area contributed by atoms with Crippen LogP contribution in [-0.4, -0.2) is 36.3 Å². The molecule has 2 amide bonds. The number of nitrogens with one attached hydrogen (secondary N) is 2. The Morgan fingerprint density at radius 1 is 1.07 bits per heavy atom. The number of anilines is 1. The Morgan fingerprint density at radius 2 is 1.78 bits per heavy atom. The van der Waals surface area contributed by atoms with Gasteiger partial charge in [-0.1, -0.05) is 29.8 Å². The molecular weight excluding hydrogens is 362 g/mol. The highest BCUT2D eigenvalue weighted by Gasteiger charge is 2.13. The lowest BCUT2D eigenvalue weighted by atomic mass is 10.1. The van der Waals surface area contributed by atoms with E-state index in [-0.39, 0.29) is 24.4 Å². The van der Waals surface area contributed by atoms with Gasteiger partial charge in [-0.2, -0.15) is 0 Å². The molecule has 0 fully saturated rings. The van der Waals surface area contributed by atoms with Crippen molar-refractivity contribution in [3.8, 4) is 0 Å². The van der Waals surface area contributed by atoms with E-state index in [9.17, 15) is 9.59 Å². The van der Waals surface area contributed by atoms with Gasteiger partial charge in [-0.25, -0.2) is 0 Å². The molecule has 0 aliphatic heterocycles. The fourth-order valence-electron chi connectivity index (χ4n) is 2.77. The summed E-state index contributed by atoms with van der Waals surface area (Å²) in [6.45, 7) is 7.32. The summed E-state index contributed by atoms with van der Waals surface area (Å²) in [6, 6.07) is 14.5. The minimum atomic E-state index is -0.170. The Morgan fingerprint density at radius 3 is 2.44 bits per heavy atom. The first-order valence-electron chi connectivity index (χ1n) is 9.12. The van der Waals surface area contributed by atoms with Crippen LogP contribution in [0.4, 0.5) is 5.69 Å². The maximum atomic E-state index is 12.4. The molecule has 2 rings (SSSR count). The predicted molar refractivity (Wildman–Crippen MR) is 110 cm³/mol. The minimum Gasteiger partial charge on any atom is -0.339 e. The van der Waals surface area contributed by atoms with E-state index >= 15 is 0 Å². The molecule has 5 nitrogen and oxygen atoms in total. The molecule has 2 aromatic carbocycles. The normalized spacial score (nSPS) is 11.7. The van der Waals surface area contributed by atoms with E-state index in [1.54, 1.807) is 29.2 Å². The Hall–Kier alpha value is -2.37. The van der Waals surface area contributed by atoms with Crippen molar-refractivity contribution in [3.05, 3.63) is 64.7 Å². The Labute approximate surface area is 165 Å². The zero-order valence-electron chi connectivity index (χ0n) is 16.0. The van der Waals surface area contributed by atoms with Crippen molar-refractivity contribution in [3.63, 3.8) is 0 Å². The van der Waals surface area contributed by atoms with Gasteiger partial charge in [-0.15, -0.1) is 0 Å². The van der Waals surface area contributed by atoms with Crippen molar-refractivity contribution in [1.29, 1.82) is 0 Å². The van der Waals surface area contributed by atoms with Gasteiger partial charge in [0.05, 0.1) is 6.54 Å². The van der Waals surface area contributed by atoms with Gasteiger partial charge in [-0.3, -0.25) is 9.59 Å². The highest BCUT2D eigenvalue weighted by molar-refractivity contribution is 6.30. The smallest absolute Gasteiger partial charge is 0.253 e. The quantitative estimate of drug-likeness (QED) is 0.716. The molecule has 0 saturated carbocycles. The van der Waals surface area contributed by atoms with Crippen LogP contribution in [0.2, 0.25) is 5.02 Å². The highest BCUT2D eigenvalue weighted by atomic mass is 35.5. The summed E-state index contributed by atoms with van der Waals surface area (Å²) in [6.07, 6.45) is 0.